The van der Waals surface area contributed by atoms with E-state index in [9.17, 15) is 14.4 Å². The molecule has 0 saturated carbocycles. The van der Waals surface area contributed by atoms with Crippen molar-refractivity contribution in [3.63, 3.8) is 0 Å². The second-order valence-electron chi connectivity index (χ2n) is 5.36. The number of amides is 3. The number of hydrogen-bond donors (Lipinski definition) is 3. The fourth-order valence-electron chi connectivity index (χ4n) is 2.24. The Bertz CT molecular complexity index is 770. The van der Waals surface area contributed by atoms with Gasteiger partial charge in [0.25, 0.3) is 5.91 Å². The van der Waals surface area contributed by atoms with Crippen LogP contribution in [0.3, 0.4) is 0 Å². The van der Waals surface area contributed by atoms with Crippen molar-refractivity contribution in [3.05, 3.63) is 52.8 Å². The molecule has 8 heteroatoms. The standard InChI is InChI=1S/C17H19ClN4O3/c1-2-22(17(25)14-9-12(18)10-20-14)8-7-15(23)21-13-5-3-11(4-6-13)16(19)24/h3-6,9-10,20H,2,7-8H2,1H3,(H2,19,24)(H,21,23). The molecular formula is C17H19ClN4O3. The Hall–Kier alpha value is -2.80. The predicted molar refractivity (Wildman–Crippen MR) is 95.6 cm³/mol. The van der Waals surface area contributed by atoms with Gasteiger partial charge in [0.15, 0.2) is 0 Å². The summed E-state index contributed by atoms with van der Waals surface area (Å²) in [4.78, 5) is 39.7. The summed E-state index contributed by atoms with van der Waals surface area (Å²) in [6, 6.07) is 7.82. The normalized spacial score (nSPS) is 10.3. The summed E-state index contributed by atoms with van der Waals surface area (Å²) in [5, 5.41) is 3.17. The molecule has 1 heterocycles. The number of carbonyl (C=O) groups excluding carboxylic acids is 3. The van der Waals surface area contributed by atoms with Gasteiger partial charge in [-0.1, -0.05) is 11.6 Å². The molecule has 0 saturated heterocycles. The van der Waals surface area contributed by atoms with E-state index in [4.69, 9.17) is 17.3 Å². The summed E-state index contributed by atoms with van der Waals surface area (Å²) < 4.78 is 0. The minimum atomic E-state index is -0.528. The van der Waals surface area contributed by atoms with E-state index in [2.05, 4.69) is 10.3 Å². The number of primary amides is 1. The zero-order valence-electron chi connectivity index (χ0n) is 13.7. The first-order valence-electron chi connectivity index (χ1n) is 7.73. The lowest BCUT2D eigenvalue weighted by molar-refractivity contribution is -0.116. The molecule has 0 atom stereocenters. The molecule has 7 nitrogen and oxygen atoms in total. The zero-order valence-corrected chi connectivity index (χ0v) is 14.5. The van der Waals surface area contributed by atoms with Gasteiger partial charge in [-0.2, -0.15) is 0 Å². The number of nitrogens with two attached hydrogens (primary N) is 1. The summed E-state index contributed by atoms with van der Waals surface area (Å²) in [5.41, 5.74) is 6.47. The number of benzene rings is 1. The van der Waals surface area contributed by atoms with Gasteiger partial charge in [-0.25, -0.2) is 0 Å². The molecule has 1 aromatic carbocycles. The van der Waals surface area contributed by atoms with Gasteiger partial charge >= 0.3 is 0 Å². The van der Waals surface area contributed by atoms with Crippen molar-refractivity contribution < 1.29 is 14.4 Å². The topological polar surface area (TPSA) is 108 Å². The Morgan fingerprint density at radius 1 is 1.24 bits per heavy atom. The molecule has 1 aromatic heterocycles. The maximum atomic E-state index is 12.3. The van der Waals surface area contributed by atoms with Gasteiger partial charge < -0.3 is 20.9 Å². The molecular weight excluding hydrogens is 344 g/mol. The van der Waals surface area contributed by atoms with Crippen LogP contribution < -0.4 is 11.1 Å². The molecule has 0 fully saturated rings. The first kappa shape index (κ1) is 18.5. The van der Waals surface area contributed by atoms with Crippen LogP contribution in [0.4, 0.5) is 5.69 Å². The number of H-pyrrole nitrogens is 1. The minimum absolute atomic E-state index is 0.144. The van der Waals surface area contributed by atoms with E-state index in [-0.39, 0.29) is 24.8 Å². The quantitative estimate of drug-likeness (QED) is 0.702. The second kappa shape index (κ2) is 8.34. The molecule has 0 unspecified atom stereocenters. The third-order valence-corrected chi connectivity index (χ3v) is 3.83. The SMILES string of the molecule is CCN(CCC(=O)Nc1ccc(C(N)=O)cc1)C(=O)c1cc(Cl)c[nH]1. The predicted octanol–water partition coefficient (Wildman–Crippen LogP) is 2.26. The van der Waals surface area contributed by atoms with Crippen molar-refractivity contribution in [1.29, 1.82) is 0 Å². The van der Waals surface area contributed by atoms with Crippen molar-refractivity contribution in [3.8, 4) is 0 Å². The van der Waals surface area contributed by atoms with E-state index in [1.165, 1.54) is 18.3 Å². The van der Waals surface area contributed by atoms with Crippen LogP contribution in [0.5, 0.6) is 0 Å². The fourth-order valence-corrected chi connectivity index (χ4v) is 2.41. The number of aromatic nitrogens is 1. The number of anilines is 1. The molecule has 0 aliphatic carbocycles. The molecule has 3 amide bonds. The highest BCUT2D eigenvalue weighted by Crippen LogP contribution is 2.13. The van der Waals surface area contributed by atoms with E-state index in [1.807, 2.05) is 6.92 Å². The maximum absolute atomic E-state index is 12.3. The van der Waals surface area contributed by atoms with Crippen molar-refractivity contribution in [1.82, 2.24) is 9.88 Å². The van der Waals surface area contributed by atoms with Gasteiger partial charge in [-0.05, 0) is 37.3 Å². The van der Waals surface area contributed by atoms with Crippen molar-refractivity contribution in [2.75, 3.05) is 18.4 Å². The molecule has 0 spiro atoms. The lowest BCUT2D eigenvalue weighted by Crippen LogP contribution is -2.33. The number of aromatic amines is 1. The number of hydrogen-bond acceptors (Lipinski definition) is 3. The van der Waals surface area contributed by atoms with Gasteiger partial charge in [-0.3, -0.25) is 14.4 Å². The first-order chi connectivity index (χ1) is 11.9. The van der Waals surface area contributed by atoms with E-state index >= 15 is 0 Å². The van der Waals surface area contributed by atoms with E-state index in [0.29, 0.717) is 28.5 Å². The Morgan fingerprint density at radius 3 is 2.44 bits per heavy atom. The molecule has 0 aliphatic heterocycles. The summed E-state index contributed by atoms with van der Waals surface area (Å²) >= 11 is 5.81. The van der Waals surface area contributed by atoms with Crippen molar-refractivity contribution >= 4 is 35.0 Å². The molecule has 4 N–H and O–H groups in total. The maximum Gasteiger partial charge on any atom is 0.270 e. The van der Waals surface area contributed by atoms with E-state index in [0.717, 1.165) is 0 Å². The third-order valence-electron chi connectivity index (χ3n) is 3.61. The Labute approximate surface area is 150 Å². The summed E-state index contributed by atoms with van der Waals surface area (Å²) in [7, 11) is 0. The van der Waals surface area contributed by atoms with Crippen LogP contribution in [0, 0.1) is 0 Å². The summed E-state index contributed by atoms with van der Waals surface area (Å²) in [5.74, 6) is -0.977. The van der Waals surface area contributed by atoms with E-state index in [1.54, 1.807) is 23.1 Å². The van der Waals surface area contributed by atoms with Crippen molar-refractivity contribution in [2.24, 2.45) is 5.73 Å². The third kappa shape index (κ3) is 5.09. The number of nitrogens with one attached hydrogen (secondary N) is 2. The average Bonchev–Trinajstić information content (AvgIpc) is 3.02. The number of nitrogens with zero attached hydrogens (tertiary/aromatic N) is 1. The second-order valence-corrected chi connectivity index (χ2v) is 5.79. The van der Waals surface area contributed by atoms with Gasteiger partial charge in [0.1, 0.15) is 5.69 Å². The van der Waals surface area contributed by atoms with Crippen LogP contribution in [0.25, 0.3) is 0 Å². The van der Waals surface area contributed by atoms with Gasteiger partial charge in [0, 0.05) is 37.0 Å². The average molecular weight is 363 g/mol. The first-order valence-corrected chi connectivity index (χ1v) is 8.11. The summed E-state index contributed by atoms with van der Waals surface area (Å²) in [6.07, 6.45) is 1.68. The van der Waals surface area contributed by atoms with Crippen LogP contribution in [0.2, 0.25) is 5.02 Å². The number of carbonyl (C=O) groups is 3. The number of halogens is 1. The molecule has 132 valence electrons. The largest absolute Gasteiger partial charge is 0.366 e. The molecule has 2 rings (SSSR count). The van der Waals surface area contributed by atoms with Gasteiger partial charge in [0.2, 0.25) is 11.8 Å². The van der Waals surface area contributed by atoms with Crippen LogP contribution in [0.1, 0.15) is 34.2 Å². The zero-order chi connectivity index (χ0) is 18.4. The Morgan fingerprint density at radius 2 is 1.92 bits per heavy atom. The van der Waals surface area contributed by atoms with E-state index < -0.39 is 5.91 Å². The molecule has 25 heavy (non-hydrogen) atoms. The smallest absolute Gasteiger partial charge is 0.270 e. The summed E-state index contributed by atoms with van der Waals surface area (Å²) in [6.45, 7) is 2.58. The fraction of sp³-hybridized carbons (Fsp3) is 0.235. The number of rotatable bonds is 7. The minimum Gasteiger partial charge on any atom is -0.366 e. The Balaban J connectivity index is 1.89. The highest BCUT2D eigenvalue weighted by molar-refractivity contribution is 6.30. The van der Waals surface area contributed by atoms with Crippen molar-refractivity contribution in [2.45, 2.75) is 13.3 Å². The monoisotopic (exact) mass is 362 g/mol. The molecule has 0 bridgehead atoms. The van der Waals surface area contributed by atoms with Gasteiger partial charge in [-0.15, -0.1) is 0 Å². The van der Waals surface area contributed by atoms with Gasteiger partial charge in [0.05, 0.1) is 5.02 Å². The lowest BCUT2D eigenvalue weighted by Gasteiger charge is -2.19. The molecule has 0 radical (unpaired) electrons. The van der Waals surface area contributed by atoms with Crippen LogP contribution in [0.15, 0.2) is 36.5 Å². The molecule has 2 aromatic rings. The molecule has 0 aliphatic rings. The van der Waals surface area contributed by atoms with Crippen LogP contribution >= 0.6 is 11.6 Å². The lowest BCUT2D eigenvalue weighted by atomic mass is 10.2. The Kier molecular flexibility index (Phi) is 6.19. The van der Waals surface area contributed by atoms with Crippen LogP contribution in [-0.2, 0) is 4.79 Å². The highest BCUT2D eigenvalue weighted by Gasteiger charge is 2.17. The van der Waals surface area contributed by atoms with Crippen LogP contribution in [-0.4, -0.2) is 40.7 Å². The highest BCUT2D eigenvalue weighted by atomic mass is 35.5.